The Balaban J connectivity index is 1.39. The highest BCUT2D eigenvalue weighted by Crippen LogP contribution is 2.24. The van der Waals surface area contributed by atoms with Crippen LogP contribution in [0.4, 0.5) is 11.4 Å². The van der Waals surface area contributed by atoms with Gasteiger partial charge in [0, 0.05) is 65.1 Å². The van der Waals surface area contributed by atoms with Crippen LogP contribution in [0.1, 0.15) is 27.0 Å². The number of aryl methyl sites for hydroxylation is 1. The number of hydrogen-bond acceptors (Lipinski definition) is 6. The van der Waals surface area contributed by atoms with Crippen molar-refractivity contribution < 1.29 is 14.3 Å². The van der Waals surface area contributed by atoms with Crippen LogP contribution in [0.2, 0.25) is 0 Å². The lowest BCUT2D eigenvalue weighted by atomic mass is 10.1. The molecule has 35 heavy (non-hydrogen) atoms. The summed E-state index contributed by atoms with van der Waals surface area (Å²) in [6.45, 7) is 5.98. The van der Waals surface area contributed by atoms with Gasteiger partial charge in [0.15, 0.2) is 0 Å². The number of aromatic nitrogens is 2. The third kappa shape index (κ3) is 7.05. The van der Waals surface area contributed by atoms with Crippen LogP contribution in [-0.4, -0.2) is 53.0 Å². The number of amides is 2. The van der Waals surface area contributed by atoms with E-state index in [9.17, 15) is 9.59 Å². The zero-order valence-electron chi connectivity index (χ0n) is 19.3. The highest BCUT2D eigenvalue weighted by atomic mass is 79.9. The standard InChI is InChI=1S/C26H26BrN5O3/c1-18-2-6-22(13-24(18)31-25(33)7-3-19-14-28-17-29-15-19)30-26(34)20-4-5-21(23(27)12-20)16-32-8-10-35-11-9-32/h2-7,12-15,17H,8-11,16H2,1H3,(H,30,34)(H,31,33)/b7-3+. The first-order chi connectivity index (χ1) is 17.0. The maximum Gasteiger partial charge on any atom is 0.255 e. The summed E-state index contributed by atoms with van der Waals surface area (Å²) in [6, 6.07) is 11.0. The molecule has 3 aromatic rings. The zero-order valence-corrected chi connectivity index (χ0v) is 20.9. The monoisotopic (exact) mass is 535 g/mol. The molecule has 0 bridgehead atoms. The number of carbonyl (C=O) groups excluding carboxylic acids is 2. The number of morpholine rings is 1. The van der Waals surface area contributed by atoms with Crippen molar-refractivity contribution in [2.24, 2.45) is 0 Å². The fourth-order valence-electron chi connectivity index (χ4n) is 3.60. The number of hydrogen-bond donors (Lipinski definition) is 2. The first-order valence-electron chi connectivity index (χ1n) is 11.2. The van der Waals surface area contributed by atoms with Crippen molar-refractivity contribution in [3.63, 3.8) is 0 Å². The van der Waals surface area contributed by atoms with E-state index in [1.54, 1.807) is 24.5 Å². The Bertz CT molecular complexity index is 1230. The molecule has 180 valence electrons. The molecule has 1 aromatic heterocycles. The van der Waals surface area contributed by atoms with Gasteiger partial charge in [0.25, 0.3) is 5.91 Å². The Labute approximate surface area is 212 Å². The molecule has 0 radical (unpaired) electrons. The van der Waals surface area contributed by atoms with Gasteiger partial charge in [-0.1, -0.05) is 28.1 Å². The summed E-state index contributed by atoms with van der Waals surface area (Å²) in [6.07, 6.45) is 7.72. The second-order valence-electron chi connectivity index (χ2n) is 8.17. The second-order valence-corrected chi connectivity index (χ2v) is 9.03. The summed E-state index contributed by atoms with van der Waals surface area (Å²) in [7, 11) is 0. The summed E-state index contributed by atoms with van der Waals surface area (Å²) >= 11 is 3.61. The van der Waals surface area contributed by atoms with Crippen molar-refractivity contribution in [3.8, 4) is 0 Å². The molecule has 1 saturated heterocycles. The minimum absolute atomic E-state index is 0.228. The molecule has 9 heteroatoms. The smallest absolute Gasteiger partial charge is 0.255 e. The Hall–Kier alpha value is -3.40. The molecular weight excluding hydrogens is 510 g/mol. The molecule has 2 amide bonds. The predicted octanol–water partition coefficient (Wildman–Crippen LogP) is 4.28. The normalized spacial score (nSPS) is 14.1. The topological polar surface area (TPSA) is 96.5 Å². The lowest BCUT2D eigenvalue weighted by Crippen LogP contribution is -2.35. The van der Waals surface area contributed by atoms with Gasteiger partial charge in [0.2, 0.25) is 5.91 Å². The SMILES string of the molecule is Cc1ccc(NC(=O)c2ccc(CN3CCOCC3)c(Br)c2)cc1NC(=O)/C=C/c1cncnc1. The number of rotatable bonds is 7. The summed E-state index contributed by atoms with van der Waals surface area (Å²) < 4.78 is 6.30. The van der Waals surface area contributed by atoms with Crippen molar-refractivity contribution in [1.82, 2.24) is 14.9 Å². The van der Waals surface area contributed by atoms with E-state index in [1.165, 1.54) is 12.4 Å². The lowest BCUT2D eigenvalue weighted by Gasteiger charge is -2.27. The molecule has 1 aliphatic heterocycles. The predicted molar refractivity (Wildman–Crippen MR) is 139 cm³/mol. The van der Waals surface area contributed by atoms with Crippen molar-refractivity contribution in [2.45, 2.75) is 13.5 Å². The average molecular weight is 536 g/mol. The van der Waals surface area contributed by atoms with Gasteiger partial charge in [-0.05, 0) is 48.4 Å². The molecule has 8 nitrogen and oxygen atoms in total. The number of ether oxygens (including phenoxy) is 1. The van der Waals surface area contributed by atoms with E-state index in [0.717, 1.165) is 54.0 Å². The molecule has 0 spiro atoms. The fourth-order valence-corrected chi connectivity index (χ4v) is 4.10. The van der Waals surface area contributed by atoms with E-state index in [-0.39, 0.29) is 11.8 Å². The number of nitrogens with zero attached hydrogens (tertiary/aromatic N) is 3. The number of benzene rings is 2. The van der Waals surface area contributed by atoms with Gasteiger partial charge in [-0.15, -0.1) is 0 Å². The zero-order chi connectivity index (χ0) is 24.6. The van der Waals surface area contributed by atoms with Crippen LogP contribution >= 0.6 is 15.9 Å². The van der Waals surface area contributed by atoms with Crippen molar-refractivity contribution >= 4 is 45.2 Å². The van der Waals surface area contributed by atoms with Crippen LogP contribution in [0.25, 0.3) is 6.08 Å². The van der Waals surface area contributed by atoms with Gasteiger partial charge in [-0.25, -0.2) is 9.97 Å². The summed E-state index contributed by atoms with van der Waals surface area (Å²) in [5.74, 6) is -0.519. The van der Waals surface area contributed by atoms with Gasteiger partial charge in [0.1, 0.15) is 6.33 Å². The molecule has 0 aliphatic carbocycles. The van der Waals surface area contributed by atoms with E-state index in [2.05, 4.69) is 41.4 Å². The number of carbonyl (C=O) groups is 2. The molecule has 2 N–H and O–H groups in total. The fraction of sp³-hybridized carbons (Fsp3) is 0.231. The van der Waals surface area contributed by atoms with Crippen molar-refractivity contribution in [2.75, 3.05) is 36.9 Å². The molecule has 0 atom stereocenters. The number of nitrogens with one attached hydrogen (secondary N) is 2. The first-order valence-corrected chi connectivity index (χ1v) is 12.0. The van der Waals surface area contributed by atoms with E-state index in [0.29, 0.717) is 16.9 Å². The summed E-state index contributed by atoms with van der Waals surface area (Å²) in [5.41, 5.74) is 4.47. The Morgan fingerprint density at radius 1 is 1.09 bits per heavy atom. The minimum Gasteiger partial charge on any atom is -0.379 e. The molecule has 4 rings (SSSR count). The quantitative estimate of drug-likeness (QED) is 0.438. The maximum atomic E-state index is 12.9. The second kappa shape index (κ2) is 11.8. The van der Waals surface area contributed by atoms with Crippen LogP contribution in [0.3, 0.4) is 0 Å². The van der Waals surface area contributed by atoms with Gasteiger partial charge in [-0.2, -0.15) is 0 Å². The average Bonchev–Trinajstić information content (AvgIpc) is 2.87. The van der Waals surface area contributed by atoms with E-state index in [4.69, 9.17) is 4.74 Å². The van der Waals surface area contributed by atoms with E-state index >= 15 is 0 Å². The van der Waals surface area contributed by atoms with E-state index in [1.807, 2.05) is 37.3 Å². The van der Waals surface area contributed by atoms with Gasteiger partial charge >= 0.3 is 0 Å². The van der Waals surface area contributed by atoms with E-state index < -0.39 is 0 Å². The summed E-state index contributed by atoms with van der Waals surface area (Å²) in [4.78, 5) is 35.4. The maximum absolute atomic E-state index is 12.9. The van der Waals surface area contributed by atoms with Crippen LogP contribution in [0.5, 0.6) is 0 Å². The Morgan fingerprint density at radius 3 is 2.60 bits per heavy atom. The minimum atomic E-state index is -0.291. The van der Waals surface area contributed by atoms with Crippen LogP contribution in [-0.2, 0) is 16.1 Å². The molecule has 2 heterocycles. The van der Waals surface area contributed by atoms with Crippen LogP contribution in [0.15, 0.2) is 65.7 Å². The Kier molecular flexibility index (Phi) is 8.36. The van der Waals surface area contributed by atoms with Crippen LogP contribution < -0.4 is 10.6 Å². The summed E-state index contributed by atoms with van der Waals surface area (Å²) in [5, 5.41) is 5.76. The molecule has 0 unspecified atom stereocenters. The van der Waals surface area contributed by atoms with Crippen LogP contribution in [0, 0.1) is 6.92 Å². The lowest BCUT2D eigenvalue weighted by molar-refractivity contribution is -0.111. The molecular formula is C26H26BrN5O3. The third-order valence-corrected chi connectivity index (χ3v) is 6.31. The molecule has 2 aromatic carbocycles. The molecule has 0 saturated carbocycles. The van der Waals surface area contributed by atoms with Gasteiger partial charge in [0.05, 0.1) is 13.2 Å². The highest BCUT2D eigenvalue weighted by molar-refractivity contribution is 9.10. The Morgan fingerprint density at radius 2 is 1.86 bits per heavy atom. The number of anilines is 2. The first kappa shape index (κ1) is 24.7. The largest absolute Gasteiger partial charge is 0.379 e. The van der Waals surface area contributed by atoms with Gasteiger partial charge < -0.3 is 15.4 Å². The highest BCUT2D eigenvalue weighted by Gasteiger charge is 2.14. The van der Waals surface area contributed by atoms with Gasteiger partial charge in [-0.3, -0.25) is 14.5 Å². The third-order valence-electron chi connectivity index (χ3n) is 5.57. The van der Waals surface area contributed by atoms with Crippen molar-refractivity contribution in [3.05, 3.63) is 87.9 Å². The van der Waals surface area contributed by atoms with Crippen molar-refractivity contribution in [1.29, 1.82) is 0 Å². The molecule has 1 aliphatic rings. The molecule has 1 fully saturated rings. The number of halogens is 1.